The van der Waals surface area contributed by atoms with E-state index in [1.807, 2.05) is 48.5 Å². The van der Waals surface area contributed by atoms with Crippen molar-refractivity contribution in [2.75, 3.05) is 0 Å². The normalized spacial score (nSPS) is 14.7. The molecular formula is C20H14N2O2. The maximum Gasteiger partial charge on any atom is 0.260 e. The van der Waals surface area contributed by atoms with Crippen LogP contribution in [-0.2, 0) is 13.5 Å². The Morgan fingerprint density at radius 1 is 1.12 bits per heavy atom. The van der Waals surface area contributed by atoms with Crippen LogP contribution in [0.25, 0.3) is 22.4 Å². The molecule has 1 aliphatic heterocycles. The molecule has 0 bridgehead atoms. The zero-order valence-electron chi connectivity index (χ0n) is 13.1. The van der Waals surface area contributed by atoms with E-state index < -0.39 is 0 Å². The van der Waals surface area contributed by atoms with Crippen molar-refractivity contribution >= 4 is 33.8 Å². The molecule has 2 aliphatic rings. The SMILES string of the molecule is Cn1c(O)c2c3c(cccc3c1=O)CC1=Nc3ccccc3C1=C2. The molecule has 24 heavy (non-hydrogen) atoms. The molecule has 3 aromatic rings. The summed E-state index contributed by atoms with van der Waals surface area (Å²) in [6.07, 6.45) is 2.62. The highest BCUT2D eigenvalue weighted by Crippen LogP contribution is 2.41. The van der Waals surface area contributed by atoms with Crippen molar-refractivity contribution in [3.8, 4) is 5.88 Å². The van der Waals surface area contributed by atoms with Gasteiger partial charge < -0.3 is 5.11 Å². The molecule has 0 spiro atoms. The third kappa shape index (κ3) is 1.57. The Kier molecular flexibility index (Phi) is 2.47. The Hall–Kier alpha value is -3.14. The average Bonchev–Trinajstić information content (AvgIpc) is 2.84. The van der Waals surface area contributed by atoms with Crippen LogP contribution in [0.4, 0.5) is 5.69 Å². The Balaban J connectivity index is 1.95. The summed E-state index contributed by atoms with van der Waals surface area (Å²) < 4.78 is 1.31. The van der Waals surface area contributed by atoms with Gasteiger partial charge in [-0.15, -0.1) is 0 Å². The summed E-state index contributed by atoms with van der Waals surface area (Å²) in [6.45, 7) is 0. The first-order valence-corrected chi connectivity index (χ1v) is 7.88. The number of rotatable bonds is 0. The summed E-state index contributed by atoms with van der Waals surface area (Å²) in [4.78, 5) is 17.3. The maximum atomic E-state index is 12.5. The second-order valence-corrected chi connectivity index (χ2v) is 6.25. The number of benzene rings is 2. The Morgan fingerprint density at radius 2 is 1.96 bits per heavy atom. The molecule has 1 aromatic heterocycles. The Labute approximate surface area is 138 Å². The third-order valence-corrected chi connectivity index (χ3v) is 4.92. The molecule has 0 fully saturated rings. The van der Waals surface area contributed by atoms with Crippen molar-refractivity contribution in [3.63, 3.8) is 0 Å². The molecule has 1 N–H and O–H groups in total. The molecule has 2 aromatic carbocycles. The maximum absolute atomic E-state index is 12.5. The number of aliphatic imine (C=N–C) groups is 1. The van der Waals surface area contributed by atoms with E-state index in [4.69, 9.17) is 4.99 Å². The highest BCUT2D eigenvalue weighted by molar-refractivity contribution is 6.35. The van der Waals surface area contributed by atoms with Gasteiger partial charge in [-0.1, -0.05) is 30.3 Å². The van der Waals surface area contributed by atoms with Crippen LogP contribution in [0.2, 0.25) is 0 Å². The van der Waals surface area contributed by atoms with Gasteiger partial charge in [0.05, 0.1) is 11.4 Å². The molecular weight excluding hydrogens is 300 g/mol. The van der Waals surface area contributed by atoms with E-state index in [0.717, 1.165) is 33.5 Å². The Bertz CT molecular complexity index is 1170. The summed E-state index contributed by atoms with van der Waals surface area (Å²) >= 11 is 0. The fraction of sp³-hybridized carbons (Fsp3) is 0.100. The van der Waals surface area contributed by atoms with Crippen LogP contribution in [0.1, 0.15) is 16.7 Å². The molecule has 2 heterocycles. The van der Waals surface area contributed by atoms with E-state index in [1.54, 1.807) is 7.05 Å². The van der Waals surface area contributed by atoms with Crippen molar-refractivity contribution in [3.05, 3.63) is 69.5 Å². The molecule has 0 atom stereocenters. The first-order chi connectivity index (χ1) is 11.6. The number of fused-ring (bicyclic) bond motifs is 3. The summed E-state index contributed by atoms with van der Waals surface area (Å²) in [5.74, 6) is -0.00178. The van der Waals surface area contributed by atoms with E-state index in [0.29, 0.717) is 17.4 Å². The molecule has 0 saturated carbocycles. The first kappa shape index (κ1) is 13.3. The quantitative estimate of drug-likeness (QED) is 0.691. The molecule has 0 unspecified atom stereocenters. The van der Waals surface area contributed by atoms with Gasteiger partial charge in [-0.05, 0) is 23.8 Å². The van der Waals surface area contributed by atoms with E-state index in [9.17, 15) is 9.90 Å². The topological polar surface area (TPSA) is 54.6 Å². The lowest BCUT2D eigenvalue weighted by molar-refractivity contribution is 0.424. The molecule has 116 valence electrons. The van der Waals surface area contributed by atoms with Crippen molar-refractivity contribution < 1.29 is 5.11 Å². The van der Waals surface area contributed by atoms with Crippen LogP contribution in [0, 0.1) is 0 Å². The van der Waals surface area contributed by atoms with E-state index in [-0.39, 0.29) is 11.4 Å². The molecule has 1 aliphatic carbocycles. The lowest BCUT2D eigenvalue weighted by atomic mass is 9.99. The van der Waals surface area contributed by atoms with Crippen LogP contribution >= 0.6 is 0 Å². The van der Waals surface area contributed by atoms with E-state index >= 15 is 0 Å². The molecule has 0 radical (unpaired) electrons. The number of para-hydroxylation sites is 1. The van der Waals surface area contributed by atoms with Gasteiger partial charge in [-0.3, -0.25) is 14.4 Å². The monoisotopic (exact) mass is 314 g/mol. The summed E-state index contributed by atoms with van der Waals surface area (Å²) in [6, 6.07) is 13.7. The summed E-state index contributed by atoms with van der Waals surface area (Å²) in [5, 5.41) is 12.1. The molecule has 4 nitrogen and oxygen atoms in total. The van der Waals surface area contributed by atoms with Gasteiger partial charge in [0.2, 0.25) is 5.88 Å². The Morgan fingerprint density at radius 3 is 2.83 bits per heavy atom. The zero-order chi connectivity index (χ0) is 16.4. The van der Waals surface area contributed by atoms with Crippen molar-refractivity contribution in [1.29, 1.82) is 0 Å². The minimum Gasteiger partial charge on any atom is -0.494 e. The summed E-state index contributed by atoms with van der Waals surface area (Å²) in [5.41, 5.74) is 5.57. The van der Waals surface area contributed by atoms with Gasteiger partial charge in [-0.2, -0.15) is 0 Å². The number of hydrogen-bond donors (Lipinski definition) is 1. The zero-order valence-corrected chi connectivity index (χ0v) is 13.1. The molecule has 0 saturated heterocycles. The van der Waals surface area contributed by atoms with Crippen LogP contribution < -0.4 is 5.56 Å². The fourth-order valence-corrected chi connectivity index (χ4v) is 3.73. The van der Waals surface area contributed by atoms with E-state index in [2.05, 4.69) is 0 Å². The van der Waals surface area contributed by atoms with Gasteiger partial charge in [-0.25, -0.2) is 0 Å². The third-order valence-electron chi connectivity index (χ3n) is 4.92. The second kappa shape index (κ2) is 4.45. The molecule has 5 rings (SSSR count). The number of aromatic nitrogens is 1. The lowest BCUT2D eigenvalue weighted by Gasteiger charge is -2.11. The number of nitrogens with zero attached hydrogens (tertiary/aromatic N) is 2. The minimum atomic E-state index is -0.180. The first-order valence-electron chi connectivity index (χ1n) is 7.88. The molecule has 0 amide bonds. The standard InChI is InChI=1S/C20H14N2O2/c1-22-19(23)13-7-4-5-11-9-17-14(10-15(18(11)13)20(22)24)12-6-2-3-8-16(12)21-17/h2-8,10,24H,9H2,1H3. The summed E-state index contributed by atoms with van der Waals surface area (Å²) in [7, 11) is 1.60. The van der Waals surface area contributed by atoms with Gasteiger partial charge in [0.25, 0.3) is 5.56 Å². The average molecular weight is 314 g/mol. The largest absolute Gasteiger partial charge is 0.494 e. The van der Waals surface area contributed by atoms with Gasteiger partial charge in [0, 0.05) is 40.9 Å². The van der Waals surface area contributed by atoms with Crippen molar-refractivity contribution in [2.45, 2.75) is 6.42 Å². The fourth-order valence-electron chi connectivity index (χ4n) is 3.73. The van der Waals surface area contributed by atoms with Crippen molar-refractivity contribution in [2.24, 2.45) is 12.0 Å². The van der Waals surface area contributed by atoms with Crippen molar-refractivity contribution in [1.82, 2.24) is 4.57 Å². The number of aromatic hydroxyl groups is 1. The number of allylic oxidation sites excluding steroid dienone is 1. The smallest absolute Gasteiger partial charge is 0.260 e. The van der Waals surface area contributed by atoms with Crippen LogP contribution in [0.5, 0.6) is 5.88 Å². The number of pyridine rings is 1. The number of hydrogen-bond acceptors (Lipinski definition) is 3. The highest BCUT2D eigenvalue weighted by atomic mass is 16.3. The predicted octanol–water partition coefficient (Wildman–Crippen LogP) is 3.43. The van der Waals surface area contributed by atoms with E-state index in [1.165, 1.54) is 4.57 Å². The second-order valence-electron chi connectivity index (χ2n) is 6.25. The van der Waals surface area contributed by atoms with Gasteiger partial charge in [0.15, 0.2) is 0 Å². The van der Waals surface area contributed by atoms with Gasteiger partial charge in [0.1, 0.15) is 0 Å². The van der Waals surface area contributed by atoms with Crippen LogP contribution in [-0.4, -0.2) is 15.4 Å². The van der Waals surface area contributed by atoms with Crippen LogP contribution in [0.15, 0.2) is 52.3 Å². The van der Waals surface area contributed by atoms with Gasteiger partial charge >= 0.3 is 0 Å². The molecule has 4 heteroatoms. The lowest BCUT2D eigenvalue weighted by Crippen LogP contribution is -2.18. The highest BCUT2D eigenvalue weighted by Gasteiger charge is 2.26. The predicted molar refractivity (Wildman–Crippen MR) is 96.0 cm³/mol. The minimum absolute atomic E-state index is 0.00178. The van der Waals surface area contributed by atoms with Crippen LogP contribution in [0.3, 0.4) is 0 Å².